The van der Waals surface area contributed by atoms with E-state index in [0.29, 0.717) is 24.9 Å². The van der Waals surface area contributed by atoms with Gasteiger partial charge >= 0.3 is 6.01 Å². The van der Waals surface area contributed by atoms with Crippen LogP contribution in [-0.2, 0) is 13.0 Å². The minimum absolute atomic E-state index is 0.446. The summed E-state index contributed by atoms with van der Waals surface area (Å²) in [5.41, 5.74) is 4.27. The van der Waals surface area contributed by atoms with Crippen LogP contribution in [0.2, 0.25) is 0 Å². The van der Waals surface area contributed by atoms with Gasteiger partial charge in [-0.05, 0) is 35.2 Å². The lowest BCUT2D eigenvalue weighted by Crippen LogP contribution is -2.06. The molecule has 0 saturated carbocycles. The number of aromatic amines is 1. The average molecular weight is 389 g/mol. The molecule has 2 aromatic carbocycles. The van der Waals surface area contributed by atoms with E-state index in [-0.39, 0.29) is 0 Å². The molecule has 8 nitrogen and oxygen atoms in total. The van der Waals surface area contributed by atoms with E-state index in [9.17, 15) is 0 Å². The normalized spacial score (nSPS) is 11.0. The number of hydrogen-bond acceptors (Lipinski definition) is 6. The van der Waals surface area contributed by atoms with Crippen molar-refractivity contribution in [2.75, 3.05) is 6.61 Å². The molecular formula is C21H23N7O. The van der Waals surface area contributed by atoms with Gasteiger partial charge < -0.3 is 4.74 Å². The van der Waals surface area contributed by atoms with Gasteiger partial charge in [0.2, 0.25) is 5.82 Å². The Kier molecular flexibility index (Phi) is 5.60. The van der Waals surface area contributed by atoms with Gasteiger partial charge in [-0.25, -0.2) is 4.68 Å². The van der Waals surface area contributed by atoms with Crippen molar-refractivity contribution in [3.63, 3.8) is 0 Å². The molecule has 0 unspecified atom stereocenters. The van der Waals surface area contributed by atoms with Gasteiger partial charge in [0, 0.05) is 18.5 Å². The molecule has 0 fully saturated rings. The van der Waals surface area contributed by atoms with Gasteiger partial charge in [0.15, 0.2) is 0 Å². The number of ether oxygens (including phenoxy) is 1. The first kappa shape index (κ1) is 18.8. The van der Waals surface area contributed by atoms with Crippen LogP contribution in [-0.4, -0.2) is 42.0 Å². The molecule has 0 amide bonds. The summed E-state index contributed by atoms with van der Waals surface area (Å²) in [5.74, 6) is 1.50. The molecule has 4 rings (SSSR count). The second-order valence-corrected chi connectivity index (χ2v) is 6.62. The van der Waals surface area contributed by atoms with Crippen molar-refractivity contribution < 1.29 is 4.74 Å². The Labute approximate surface area is 169 Å². The highest BCUT2D eigenvalue weighted by Crippen LogP contribution is 2.30. The highest BCUT2D eigenvalue weighted by Gasteiger charge is 2.13. The van der Waals surface area contributed by atoms with Crippen molar-refractivity contribution in [2.45, 2.75) is 33.2 Å². The fourth-order valence-electron chi connectivity index (χ4n) is 3.25. The Bertz CT molecular complexity index is 1060. The van der Waals surface area contributed by atoms with Crippen LogP contribution in [0.5, 0.6) is 6.01 Å². The maximum atomic E-state index is 5.47. The molecule has 8 heteroatoms. The van der Waals surface area contributed by atoms with Crippen LogP contribution in [0.15, 0.2) is 48.5 Å². The van der Waals surface area contributed by atoms with E-state index in [1.165, 1.54) is 5.56 Å². The van der Waals surface area contributed by atoms with Gasteiger partial charge in [-0.15, -0.1) is 15.3 Å². The zero-order chi connectivity index (χ0) is 20.1. The standard InChI is InChI=1S/C21H23N7O/c1-3-13-28-19(22-21(25-28)29-4-2)14-15-9-11-16(12-10-15)17-7-5-6-8-18(17)20-23-26-27-24-20/h5-12H,3-4,13-14H2,1-2H3,(H,23,24,26,27). The third-order valence-electron chi connectivity index (χ3n) is 4.58. The van der Waals surface area contributed by atoms with E-state index < -0.39 is 0 Å². The number of nitrogens with zero attached hydrogens (tertiary/aromatic N) is 6. The summed E-state index contributed by atoms with van der Waals surface area (Å²) in [5, 5.41) is 18.9. The van der Waals surface area contributed by atoms with Crippen molar-refractivity contribution >= 4 is 0 Å². The summed E-state index contributed by atoms with van der Waals surface area (Å²) in [6.07, 6.45) is 1.70. The molecule has 1 N–H and O–H groups in total. The Balaban J connectivity index is 1.59. The summed E-state index contributed by atoms with van der Waals surface area (Å²) < 4.78 is 7.41. The third-order valence-corrected chi connectivity index (χ3v) is 4.58. The quantitative estimate of drug-likeness (QED) is 0.495. The van der Waals surface area contributed by atoms with Gasteiger partial charge in [-0.2, -0.15) is 10.2 Å². The fraction of sp³-hybridized carbons (Fsp3) is 0.286. The molecule has 0 atom stereocenters. The maximum absolute atomic E-state index is 5.47. The number of aryl methyl sites for hydroxylation is 1. The maximum Gasteiger partial charge on any atom is 0.335 e. The smallest absolute Gasteiger partial charge is 0.335 e. The molecule has 2 heterocycles. The van der Waals surface area contributed by atoms with E-state index in [0.717, 1.165) is 35.5 Å². The fourth-order valence-corrected chi connectivity index (χ4v) is 3.25. The van der Waals surface area contributed by atoms with Crippen LogP contribution in [0.1, 0.15) is 31.7 Å². The molecule has 0 aliphatic rings. The number of rotatable bonds is 8. The lowest BCUT2D eigenvalue weighted by atomic mass is 9.98. The van der Waals surface area contributed by atoms with Gasteiger partial charge in [0.25, 0.3) is 0 Å². The minimum Gasteiger partial charge on any atom is -0.463 e. The van der Waals surface area contributed by atoms with Gasteiger partial charge in [0.1, 0.15) is 5.82 Å². The molecule has 0 bridgehead atoms. The Morgan fingerprint density at radius 2 is 1.79 bits per heavy atom. The molecule has 0 radical (unpaired) electrons. The second-order valence-electron chi connectivity index (χ2n) is 6.62. The number of tetrazole rings is 1. The Morgan fingerprint density at radius 3 is 2.48 bits per heavy atom. The van der Waals surface area contributed by atoms with E-state index in [2.05, 4.69) is 68.0 Å². The lowest BCUT2D eigenvalue weighted by molar-refractivity contribution is 0.310. The molecule has 0 spiro atoms. The minimum atomic E-state index is 0.446. The van der Waals surface area contributed by atoms with Crippen LogP contribution in [0.25, 0.3) is 22.5 Å². The Hall–Kier alpha value is -3.55. The van der Waals surface area contributed by atoms with Crippen LogP contribution in [0.3, 0.4) is 0 Å². The monoisotopic (exact) mass is 389 g/mol. The van der Waals surface area contributed by atoms with Crippen LogP contribution >= 0.6 is 0 Å². The van der Waals surface area contributed by atoms with Crippen molar-refractivity contribution in [3.05, 3.63) is 59.9 Å². The number of benzene rings is 2. The summed E-state index contributed by atoms with van der Waals surface area (Å²) in [4.78, 5) is 4.54. The highest BCUT2D eigenvalue weighted by molar-refractivity contribution is 5.80. The van der Waals surface area contributed by atoms with Crippen molar-refractivity contribution in [1.82, 2.24) is 35.4 Å². The predicted octanol–water partition coefficient (Wildman–Crippen LogP) is 3.52. The van der Waals surface area contributed by atoms with Crippen LogP contribution in [0.4, 0.5) is 0 Å². The largest absolute Gasteiger partial charge is 0.463 e. The molecule has 29 heavy (non-hydrogen) atoms. The van der Waals surface area contributed by atoms with Crippen molar-refractivity contribution in [2.24, 2.45) is 0 Å². The SMILES string of the molecule is CCCn1nc(OCC)nc1Cc1ccc(-c2ccccc2-c2nn[nH]n2)cc1. The summed E-state index contributed by atoms with van der Waals surface area (Å²) in [6.45, 7) is 5.45. The van der Waals surface area contributed by atoms with Crippen LogP contribution < -0.4 is 4.74 Å². The molecule has 148 valence electrons. The average Bonchev–Trinajstić information content (AvgIpc) is 3.40. The third kappa shape index (κ3) is 4.16. The topological polar surface area (TPSA) is 94.4 Å². The van der Waals surface area contributed by atoms with E-state index >= 15 is 0 Å². The summed E-state index contributed by atoms with van der Waals surface area (Å²) in [6, 6.07) is 16.9. The van der Waals surface area contributed by atoms with Gasteiger partial charge in [0.05, 0.1) is 6.61 Å². The molecule has 0 aliphatic heterocycles. The number of hydrogen-bond donors (Lipinski definition) is 1. The molecule has 2 aromatic heterocycles. The molecule has 0 aliphatic carbocycles. The molecular weight excluding hydrogens is 366 g/mol. The van der Waals surface area contributed by atoms with E-state index in [4.69, 9.17) is 4.74 Å². The van der Waals surface area contributed by atoms with Crippen molar-refractivity contribution in [3.8, 4) is 28.5 Å². The van der Waals surface area contributed by atoms with E-state index in [1.807, 2.05) is 29.8 Å². The number of nitrogens with one attached hydrogen (secondary N) is 1. The second kappa shape index (κ2) is 8.64. The van der Waals surface area contributed by atoms with Gasteiger partial charge in [-0.3, -0.25) is 0 Å². The first-order valence-electron chi connectivity index (χ1n) is 9.77. The highest BCUT2D eigenvalue weighted by atomic mass is 16.5. The summed E-state index contributed by atoms with van der Waals surface area (Å²) in [7, 11) is 0. The predicted molar refractivity (Wildman–Crippen MR) is 109 cm³/mol. The number of aromatic nitrogens is 7. The van der Waals surface area contributed by atoms with E-state index in [1.54, 1.807) is 0 Å². The zero-order valence-corrected chi connectivity index (χ0v) is 16.5. The zero-order valence-electron chi connectivity index (χ0n) is 16.5. The Morgan fingerprint density at radius 1 is 1.00 bits per heavy atom. The lowest BCUT2D eigenvalue weighted by Gasteiger charge is -2.08. The van der Waals surface area contributed by atoms with Crippen LogP contribution in [0, 0.1) is 0 Å². The number of H-pyrrole nitrogens is 1. The van der Waals surface area contributed by atoms with Gasteiger partial charge in [-0.1, -0.05) is 55.5 Å². The molecule has 0 saturated heterocycles. The first-order chi connectivity index (χ1) is 14.3. The summed E-state index contributed by atoms with van der Waals surface area (Å²) >= 11 is 0. The first-order valence-corrected chi connectivity index (χ1v) is 9.77. The molecule has 4 aromatic rings. The van der Waals surface area contributed by atoms with Crippen molar-refractivity contribution in [1.29, 1.82) is 0 Å².